The summed E-state index contributed by atoms with van der Waals surface area (Å²) in [7, 11) is 0. The Hall–Kier alpha value is -1.45. The normalized spacial score (nSPS) is 11.1. The Morgan fingerprint density at radius 1 is 1.50 bits per heavy atom. The smallest absolute Gasteiger partial charge is 0.230 e. The lowest BCUT2D eigenvalue weighted by Crippen LogP contribution is -2.27. The van der Waals surface area contributed by atoms with Gasteiger partial charge < -0.3 is 10.1 Å². The summed E-state index contributed by atoms with van der Waals surface area (Å²) in [5.41, 5.74) is 0. The molecule has 2 aromatic rings. The minimum atomic E-state index is -0.0163. The minimum Gasteiger partial charge on any atom is -0.379 e. The zero-order chi connectivity index (χ0) is 17.2. The summed E-state index contributed by atoms with van der Waals surface area (Å²) in [5.74, 6) is 0.294. The second-order valence-electron chi connectivity index (χ2n) is 5.43. The third-order valence-corrected chi connectivity index (χ3v) is 4.97. The number of carbonyl (C=O) groups is 1. The second kappa shape index (κ2) is 10.4. The standard InChI is InChI=1S/C15H23N5O2S2/c1-12(2)22-9-4-7-16-14(21)11-24-15-17-18-19-20(15)8-6-13-5-3-10-23-13/h3,5,10,12H,4,6-9,11H2,1-2H3,(H,16,21). The van der Waals surface area contributed by atoms with Crippen molar-refractivity contribution in [2.75, 3.05) is 18.9 Å². The SMILES string of the molecule is CC(C)OCCCNC(=O)CSc1nnnn1CCc1cccs1. The molecule has 0 aliphatic heterocycles. The van der Waals surface area contributed by atoms with Gasteiger partial charge >= 0.3 is 0 Å². The number of thioether (sulfide) groups is 1. The first-order valence-corrected chi connectivity index (χ1v) is 9.81. The molecule has 0 atom stereocenters. The minimum absolute atomic E-state index is 0.0163. The van der Waals surface area contributed by atoms with Crippen LogP contribution in [0.5, 0.6) is 0 Å². The summed E-state index contributed by atoms with van der Waals surface area (Å²) in [5, 5.41) is 17.3. The quantitative estimate of drug-likeness (QED) is 0.482. The van der Waals surface area contributed by atoms with E-state index in [4.69, 9.17) is 4.74 Å². The number of nitrogens with zero attached hydrogens (tertiary/aromatic N) is 4. The predicted molar refractivity (Wildman–Crippen MR) is 95.3 cm³/mol. The van der Waals surface area contributed by atoms with E-state index in [1.807, 2.05) is 19.9 Å². The highest BCUT2D eigenvalue weighted by Crippen LogP contribution is 2.15. The van der Waals surface area contributed by atoms with Gasteiger partial charge in [-0.2, -0.15) is 0 Å². The number of ether oxygens (including phenoxy) is 1. The van der Waals surface area contributed by atoms with E-state index in [1.165, 1.54) is 16.6 Å². The first kappa shape index (κ1) is 18.9. The van der Waals surface area contributed by atoms with Gasteiger partial charge in [-0.15, -0.1) is 16.4 Å². The maximum Gasteiger partial charge on any atom is 0.230 e. The van der Waals surface area contributed by atoms with Crippen molar-refractivity contribution in [2.45, 2.75) is 44.5 Å². The van der Waals surface area contributed by atoms with E-state index >= 15 is 0 Å². The Labute approximate surface area is 150 Å². The number of carbonyl (C=O) groups excluding carboxylic acids is 1. The lowest BCUT2D eigenvalue weighted by atomic mass is 10.3. The first-order valence-electron chi connectivity index (χ1n) is 7.95. The molecule has 0 aromatic carbocycles. The van der Waals surface area contributed by atoms with Gasteiger partial charge in [-0.25, -0.2) is 4.68 Å². The van der Waals surface area contributed by atoms with E-state index in [2.05, 4.69) is 32.3 Å². The molecule has 0 saturated heterocycles. The Morgan fingerprint density at radius 3 is 3.12 bits per heavy atom. The van der Waals surface area contributed by atoms with Crippen molar-refractivity contribution in [1.29, 1.82) is 0 Å². The molecule has 24 heavy (non-hydrogen) atoms. The molecule has 2 aromatic heterocycles. The number of nitrogens with one attached hydrogen (secondary N) is 1. The molecule has 0 radical (unpaired) electrons. The van der Waals surface area contributed by atoms with Gasteiger partial charge in [0, 0.05) is 24.4 Å². The summed E-state index contributed by atoms with van der Waals surface area (Å²) in [6.07, 6.45) is 1.93. The molecule has 0 fully saturated rings. The lowest BCUT2D eigenvalue weighted by Gasteiger charge is -2.08. The third-order valence-electron chi connectivity index (χ3n) is 3.08. The van der Waals surface area contributed by atoms with Crippen LogP contribution in [0.3, 0.4) is 0 Å². The highest BCUT2D eigenvalue weighted by Gasteiger charge is 2.10. The van der Waals surface area contributed by atoms with Crippen molar-refractivity contribution in [3.05, 3.63) is 22.4 Å². The Bertz CT molecular complexity index is 601. The van der Waals surface area contributed by atoms with E-state index < -0.39 is 0 Å². The molecule has 9 heteroatoms. The molecule has 1 amide bonds. The van der Waals surface area contributed by atoms with Crippen LogP contribution in [0.1, 0.15) is 25.1 Å². The molecule has 0 unspecified atom stereocenters. The topological polar surface area (TPSA) is 81.9 Å². The van der Waals surface area contributed by atoms with Crippen LogP contribution in [0.15, 0.2) is 22.7 Å². The highest BCUT2D eigenvalue weighted by atomic mass is 32.2. The number of tetrazole rings is 1. The molecule has 7 nitrogen and oxygen atoms in total. The monoisotopic (exact) mass is 369 g/mol. The summed E-state index contributed by atoms with van der Waals surface area (Å²) >= 11 is 3.08. The summed E-state index contributed by atoms with van der Waals surface area (Å²) < 4.78 is 7.17. The second-order valence-corrected chi connectivity index (χ2v) is 7.40. The van der Waals surface area contributed by atoms with E-state index in [0.29, 0.717) is 30.6 Å². The fourth-order valence-electron chi connectivity index (χ4n) is 1.91. The van der Waals surface area contributed by atoms with Crippen LogP contribution in [-0.4, -0.2) is 51.1 Å². The maximum atomic E-state index is 11.8. The Kier molecular flexibility index (Phi) is 8.20. The lowest BCUT2D eigenvalue weighted by molar-refractivity contribution is -0.118. The number of rotatable bonds is 11. The van der Waals surface area contributed by atoms with Crippen LogP contribution in [0.25, 0.3) is 0 Å². The summed E-state index contributed by atoms with van der Waals surface area (Å²) in [6.45, 7) is 5.99. The zero-order valence-corrected chi connectivity index (χ0v) is 15.6. The molecule has 2 rings (SSSR count). The number of aryl methyl sites for hydroxylation is 2. The van der Waals surface area contributed by atoms with Crippen LogP contribution in [0, 0.1) is 0 Å². The number of aromatic nitrogens is 4. The number of amides is 1. The van der Waals surface area contributed by atoms with Crippen molar-refractivity contribution < 1.29 is 9.53 Å². The van der Waals surface area contributed by atoms with Crippen molar-refractivity contribution in [3.63, 3.8) is 0 Å². The fraction of sp³-hybridized carbons (Fsp3) is 0.600. The molecular weight excluding hydrogens is 346 g/mol. The van der Waals surface area contributed by atoms with Crippen molar-refractivity contribution in [1.82, 2.24) is 25.5 Å². The van der Waals surface area contributed by atoms with Crippen molar-refractivity contribution >= 4 is 29.0 Å². The Morgan fingerprint density at radius 2 is 2.38 bits per heavy atom. The molecule has 0 spiro atoms. The molecule has 0 bridgehead atoms. The van der Waals surface area contributed by atoms with Gasteiger partial charge in [0.1, 0.15) is 0 Å². The Balaban J connectivity index is 1.65. The van der Waals surface area contributed by atoms with E-state index in [1.54, 1.807) is 16.0 Å². The van der Waals surface area contributed by atoms with Crippen molar-refractivity contribution in [3.8, 4) is 0 Å². The van der Waals surface area contributed by atoms with Gasteiger partial charge in [0.25, 0.3) is 0 Å². The average Bonchev–Trinajstić information content (AvgIpc) is 3.21. The largest absolute Gasteiger partial charge is 0.379 e. The molecule has 1 N–H and O–H groups in total. The maximum absolute atomic E-state index is 11.8. The van der Waals surface area contributed by atoms with E-state index in [9.17, 15) is 4.79 Å². The molecule has 132 valence electrons. The van der Waals surface area contributed by atoms with E-state index in [0.717, 1.165) is 12.8 Å². The zero-order valence-electron chi connectivity index (χ0n) is 14.0. The highest BCUT2D eigenvalue weighted by molar-refractivity contribution is 7.99. The average molecular weight is 370 g/mol. The van der Waals surface area contributed by atoms with Crippen LogP contribution in [0.4, 0.5) is 0 Å². The molecule has 0 aliphatic carbocycles. The van der Waals surface area contributed by atoms with Gasteiger partial charge in [0.15, 0.2) is 0 Å². The third kappa shape index (κ3) is 6.98. The summed E-state index contributed by atoms with van der Waals surface area (Å²) in [4.78, 5) is 13.1. The molecule has 0 aliphatic rings. The molecule has 0 saturated carbocycles. The first-order chi connectivity index (χ1) is 11.6. The number of thiophene rings is 1. The number of hydrogen-bond donors (Lipinski definition) is 1. The summed E-state index contributed by atoms with van der Waals surface area (Å²) in [6, 6.07) is 4.13. The number of hydrogen-bond acceptors (Lipinski definition) is 7. The van der Waals surface area contributed by atoms with Gasteiger partial charge in [-0.3, -0.25) is 4.79 Å². The van der Waals surface area contributed by atoms with Crippen LogP contribution >= 0.6 is 23.1 Å². The van der Waals surface area contributed by atoms with Crippen LogP contribution < -0.4 is 5.32 Å². The van der Waals surface area contributed by atoms with Gasteiger partial charge in [0.2, 0.25) is 11.1 Å². The fourth-order valence-corrected chi connectivity index (χ4v) is 3.34. The van der Waals surface area contributed by atoms with E-state index in [-0.39, 0.29) is 12.0 Å². The van der Waals surface area contributed by atoms with Crippen LogP contribution in [-0.2, 0) is 22.5 Å². The molecule has 2 heterocycles. The van der Waals surface area contributed by atoms with Gasteiger partial charge in [-0.1, -0.05) is 17.8 Å². The van der Waals surface area contributed by atoms with Crippen LogP contribution in [0.2, 0.25) is 0 Å². The molecular formula is C15H23N5O2S2. The van der Waals surface area contributed by atoms with Gasteiger partial charge in [-0.05, 0) is 42.1 Å². The van der Waals surface area contributed by atoms with Crippen molar-refractivity contribution in [2.24, 2.45) is 0 Å². The predicted octanol–water partition coefficient (Wildman–Crippen LogP) is 2.00. The van der Waals surface area contributed by atoms with Gasteiger partial charge in [0.05, 0.1) is 18.4 Å².